The predicted molar refractivity (Wildman–Crippen MR) is 107 cm³/mol. The Bertz CT molecular complexity index is 1020. The summed E-state index contributed by atoms with van der Waals surface area (Å²) in [6.07, 6.45) is 4.59. The monoisotopic (exact) mass is 392 g/mol. The zero-order valence-corrected chi connectivity index (χ0v) is 16.6. The molecule has 29 heavy (non-hydrogen) atoms. The van der Waals surface area contributed by atoms with Crippen LogP contribution in [0.2, 0.25) is 0 Å². The molecular formula is C22H24N4O3. The van der Waals surface area contributed by atoms with Gasteiger partial charge in [0.2, 0.25) is 0 Å². The fourth-order valence-corrected chi connectivity index (χ4v) is 3.88. The highest BCUT2D eigenvalue weighted by Gasteiger charge is 2.29. The molecule has 0 unspecified atom stereocenters. The van der Waals surface area contributed by atoms with Crippen molar-refractivity contribution in [2.45, 2.75) is 39.2 Å². The van der Waals surface area contributed by atoms with Crippen molar-refractivity contribution in [3.8, 4) is 11.3 Å². The third kappa shape index (κ3) is 3.91. The third-order valence-corrected chi connectivity index (χ3v) is 5.41. The molecule has 1 aromatic carbocycles. The van der Waals surface area contributed by atoms with E-state index in [9.17, 15) is 9.90 Å². The Morgan fingerprint density at radius 1 is 1.24 bits per heavy atom. The van der Waals surface area contributed by atoms with E-state index >= 15 is 0 Å². The largest absolute Gasteiger partial charge is 0.443 e. The maximum atomic E-state index is 13.1. The number of amides is 1. The molecular weight excluding hydrogens is 368 g/mol. The third-order valence-electron chi connectivity index (χ3n) is 5.41. The number of carbonyl (C=O) groups is 1. The van der Waals surface area contributed by atoms with Gasteiger partial charge in [0.1, 0.15) is 5.82 Å². The zero-order chi connectivity index (χ0) is 20.4. The van der Waals surface area contributed by atoms with E-state index in [2.05, 4.69) is 15.0 Å². The van der Waals surface area contributed by atoms with Crippen LogP contribution in [0.4, 0.5) is 0 Å². The molecule has 3 aromatic rings. The van der Waals surface area contributed by atoms with Crippen molar-refractivity contribution >= 4 is 5.91 Å². The number of likely N-dealkylation sites (tertiary alicyclic amines) is 1. The van der Waals surface area contributed by atoms with E-state index in [1.165, 1.54) is 6.39 Å². The lowest BCUT2D eigenvalue weighted by molar-refractivity contribution is 0.0706. The fourth-order valence-electron chi connectivity index (χ4n) is 3.88. The highest BCUT2D eigenvalue weighted by atomic mass is 16.3. The average molecular weight is 392 g/mol. The van der Waals surface area contributed by atoms with E-state index in [0.29, 0.717) is 30.4 Å². The van der Waals surface area contributed by atoms with Gasteiger partial charge in [-0.1, -0.05) is 23.8 Å². The molecule has 7 heteroatoms. The molecule has 1 N–H and O–H groups in total. The van der Waals surface area contributed by atoms with Crippen molar-refractivity contribution in [3.05, 3.63) is 65.2 Å². The molecule has 1 aliphatic rings. The molecule has 0 radical (unpaired) electrons. The van der Waals surface area contributed by atoms with E-state index in [0.717, 1.165) is 35.2 Å². The summed E-state index contributed by atoms with van der Waals surface area (Å²) in [5.74, 6) is 1.29. The van der Waals surface area contributed by atoms with Crippen molar-refractivity contribution in [2.24, 2.45) is 0 Å². The first kappa shape index (κ1) is 19.3. The maximum Gasteiger partial charge on any atom is 0.276 e. The van der Waals surface area contributed by atoms with Gasteiger partial charge in [-0.2, -0.15) is 0 Å². The minimum atomic E-state index is -0.116. The molecule has 0 spiro atoms. The molecule has 150 valence electrons. The van der Waals surface area contributed by atoms with Crippen molar-refractivity contribution in [1.82, 2.24) is 19.9 Å². The van der Waals surface area contributed by atoms with Gasteiger partial charge in [0, 0.05) is 36.3 Å². The minimum absolute atomic E-state index is 0.0758. The standard InChI is InChI=1S/C22H24N4O3/c1-14-4-3-5-17(10-14)21-20(24-13-29-21)22(28)26-8-6-16(7-9-26)19-18(12-27)11-23-15(2)25-19/h3-5,10-11,13,16,27H,6-9,12H2,1-2H3. The van der Waals surface area contributed by atoms with Crippen LogP contribution in [0.1, 0.15) is 51.9 Å². The smallest absolute Gasteiger partial charge is 0.276 e. The molecule has 0 aliphatic carbocycles. The molecule has 0 bridgehead atoms. The number of nitrogens with zero attached hydrogens (tertiary/aromatic N) is 4. The second-order valence-corrected chi connectivity index (χ2v) is 7.45. The van der Waals surface area contributed by atoms with Crippen molar-refractivity contribution < 1.29 is 14.3 Å². The van der Waals surface area contributed by atoms with Crippen LogP contribution in [0.5, 0.6) is 0 Å². The molecule has 3 heterocycles. The Hall–Kier alpha value is -3.06. The number of aliphatic hydroxyl groups is 1. The second-order valence-electron chi connectivity index (χ2n) is 7.45. The van der Waals surface area contributed by atoms with Crippen molar-refractivity contribution in [3.63, 3.8) is 0 Å². The summed E-state index contributed by atoms with van der Waals surface area (Å²) >= 11 is 0. The van der Waals surface area contributed by atoms with E-state index in [1.54, 1.807) is 6.20 Å². The van der Waals surface area contributed by atoms with Gasteiger partial charge in [-0.15, -0.1) is 0 Å². The Morgan fingerprint density at radius 2 is 2.03 bits per heavy atom. The second kappa shape index (κ2) is 8.13. The van der Waals surface area contributed by atoms with E-state index in [1.807, 2.05) is 43.0 Å². The number of piperidine rings is 1. The lowest BCUT2D eigenvalue weighted by atomic mass is 9.90. The van der Waals surface area contributed by atoms with Gasteiger partial charge in [-0.25, -0.2) is 15.0 Å². The molecule has 2 aromatic heterocycles. The number of benzene rings is 1. The van der Waals surface area contributed by atoms with Gasteiger partial charge < -0.3 is 14.4 Å². The SMILES string of the molecule is Cc1cccc(-c2ocnc2C(=O)N2CCC(c3nc(C)ncc3CO)CC2)c1. The Kier molecular flexibility index (Phi) is 5.40. The molecule has 1 aliphatic heterocycles. The first-order chi connectivity index (χ1) is 14.1. The molecule has 7 nitrogen and oxygen atoms in total. The summed E-state index contributed by atoms with van der Waals surface area (Å²) in [7, 11) is 0. The molecule has 1 amide bonds. The molecule has 0 atom stereocenters. The number of rotatable bonds is 4. The highest BCUT2D eigenvalue weighted by molar-refractivity contribution is 5.97. The maximum absolute atomic E-state index is 13.1. The van der Waals surface area contributed by atoms with Crippen LogP contribution in [0, 0.1) is 13.8 Å². The summed E-state index contributed by atoms with van der Waals surface area (Å²) in [6.45, 7) is 4.99. The Morgan fingerprint density at radius 3 is 2.76 bits per heavy atom. The summed E-state index contributed by atoms with van der Waals surface area (Å²) in [6, 6.07) is 7.85. The average Bonchev–Trinajstić information content (AvgIpc) is 3.23. The molecule has 1 fully saturated rings. The predicted octanol–water partition coefficient (Wildman–Crippen LogP) is 3.26. The highest BCUT2D eigenvalue weighted by Crippen LogP contribution is 2.31. The quantitative estimate of drug-likeness (QED) is 0.733. The molecule has 1 saturated heterocycles. The van der Waals surface area contributed by atoms with Crippen molar-refractivity contribution in [2.75, 3.05) is 13.1 Å². The van der Waals surface area contributed by atoms with Crippen LogP contribution < -0.4 is 0 Å². The van der Waals surface area contributed by atoms with Crippen LogP contribution in [-0.4, -0.2) is 44.0 Å². The van der Waals surface area contributed by atoms with Gasteiger partial charge in [0.15, 0.2) is 17.8 Å². The van der Waals surface area contributed by atoms with E-state index < -0.39 is 0 Å². The summed E-state index contributed by atoms with van der Waals surface area (Å²) in [5.41, 5.74) is 3.96. The Balaban J connectivity index is 1.50. The number of aryl methyl sites for hydroxylation is 2. The van der Waals surface area contributed by atoms with Crippen LogP contribution in [0.3, 0.4) is 0 Å². The lowest BCUT2D eigenvalue weighted by Crippen LogP contribution is -2.38. The fraction of sp³-hybridized carbons (Fsp3) is 0.364. The minimum Gasteiger partial charge on any atom is -0.443 e. The first-order valence-corrected chi connectivity index (χ1v) is 9.80. The van der Waals surface area contributed by atoms with Crippen LogP contribution in [0.25, 0.3) is 11.3 Å². The molecule has 4 rings (SSSR count). The van der Waals surface area contributed by atoms with Gasteiger partial charge in [0.25, 0.3) is 5.91 Å². The number of aliphatic hydroxyl groups excluding tert-OH is 1. The lowest BCUT2D eigenvalue weighted by Gasteiger charge is -2.32. The Labute approximate surface area is 169 Å². The number of carbonyl (C=O) groups excluding carboxylic acids is 1. The van der Waals surface area contributed by atoms with Gasteiger partial charge in [-0.3, -0.25) is 4.79 Å². The first-order valence-electron chi connectivity index (χ1n) is 9.80. The van der Waals surface area contributed by atoms with Gasteiger partial charge in [0.05, 0.1) is 12.3 Å². The van der Waals surface area contributed by atoms with Gasteiger partial charge in [-0.05, 0) is 32.8 Å². The number of aromatic nitrogens is 3. The topological polar surface area (TPSA) is 92.4 Å². The summed E-state index contributed by atoms with van der Waals surface area (Å²) in [4.78, 5) is 27.8. The van der Waals surface area contributed by atoms with Gasteiger partial charge >= 0.3 is 0 Å². The van der Waals surface area contributed by atoms with E-state index in [-0.39, 0.29) is 18.4 Å². The summed E-state index contributed by atoms with van der Waals surface area (Å²) < 4.78 is 5.55. The number of oxazole rings is 1. The summed E-state index contributed by atoms with van der Waals surface area (Å²) in [5, 5.41) is 9.60. The zero-order valence-electron chi connectivity index (χ0n) is 16.6. The normalized spacial score (nSPS) is 14.9. The van der Waals surface area contributed by atoms with E-state index in [4.69, 9.17) is 4.42 Å². The van der Waals surface area contributed by atoms with Crippen molar-refractivity contribution in [1.29, 1.82) is 0 Å². The van der Waals surface area contributed by atoms with Crippen LogP contribution in [0.15, 0.2) is 41.3 Å². The number of hydrogen-bond acceptors (Lipinski definition) is 6. The number of hydrogen-bond donors (Lipinski definition) is 1. The van der Waals surface area contributed by atoms with Crippen LogP contribution in [-0.2, 0) is 6.61 Å². The van der Waals surface area contributed by atoms with Crippen LogP contribution >= 0.6 is 0 Å². The molecule has 0 saturated carbocycles.